The van der Waals surface area contributed by atoms with Gasteiger partial charge in [-0.15, -0.1) is 0 Å². The highest BCUT2D eigenvalue weighted by molar-refractivity contribution is 5.96. The predicted molar refractivity (Wildman–Crippen MR) is 75.6 cm³/mol. The average Bonchev–Trinajstić information content (AvgIpc) is 2.87. The number of carbonyl (C=O) groups is 1. The maximum Gasteiger partial charge on any atom is 0.352 e. The molecule has 3 aromatic rings. The van der Waals surface area contributed by atoms with Gasteiger partial charge in [0, 0.05) is 11.1 Å². The summed E-state index contributed by atoms with van der Waals surface area (Å²) < 4.78 is 6.82. The van der Waals surface area contributed by atoms with Crippen LogP contribution in [-0.4, -0.2) is 22.8 Å². The Hall–Kier alpha value is -2.75. The van der Waals surface area contributed by atoms with E-state index in [0.717, 1.165) is 22.3 Å². The summed E-state index contributed by atoms with van der Waals surface area (Å²) in [4.78, 5) is 11.4. The molecular formula is C16H12NO3. The molecule has 0 spiro atoms. The van der Waals surface area contributed by atoms with E-state index in [0.29, 0.717) is 0 Å². The molecule has 0 fully saturated rings. The Bertz CT molecular complexity index is 772. The Morgan fingerprint density at radius 3 is 2.65 bits per heavy atom. The summed E-state index contributed by atoms with van der Waals surface area (Å²) in [5, 5.41) is 10.2. The predicted octanol–water partition coefficient (Wildman–Crippen LogP) is 3.14. The van der Waals surface area contributed by atoms with E-state index in [9.17, 15) is 9.90 Å². The first-order valence-electron chi connectivity index (χ1n) is 6.10. The van der Waals surface area contributed by atoms with E-state index in [1.165, 1.54) is 0 Å². The zero-order valence-electron chi connectivity index (χ0n) is 10.8. The molecule has 1 N–H and O–H groups in total. The summed E-state index contributed by atoms with van der Waals surface area (Å²) in [5.41, 5.74) is 1.82. The van der Waals surface area contributed by atoms with E-state index in [2.05, 4.69) is 6.07 Å². The molecule has 2 aromatic carbocycles. The lowest BCUT2D eigenvalue weighted by molar-refractivity contribution is 0.0688. The van der Waals surface area contributed by atoms with Gasteiger partial charge in [0.2, 0.25) is 0 Å². The quantitative estimate of drug-likeness (QED) is 0.792. The molecule has 0 bridgehead atoms. The number of hydrogen-bond donors (Lipinski definition) is 1. The van der Waals surface area contributed by atoms with Crippen molar-refractivity contribution in [3.05, 3.63) is 60.3 Å². The van der Waals surface area contributed by atoms with Crippen LogP contribution in [0.1, 0.15) is 10.5 Å². The normalized spacial score (nSPS) is 10.7. The van der Waals surface area contributed by atoms with Crippen molar-refractivity contribution in [2.45, 2.75) is 0 Å². The van der Waals surface area contributed by atoms with Crippen LogP contribution in [0, 0.1) is 6.07 Å². The molecule has 3 rings (SSSR count). The van der Waals surface area contributed by atoms with Gasteiger partial charge in [0.25, 0.3) is 0 Å². The van der Waals surface area contributed by atoms with Gasteiger partial charge in [-0.3, -0.25) is 0 Å². The number of aromatic carboxylic acids is 1. The number of ether oxygens (including phenoxy) is 1. The maximum atomic E-state index is 11.4. The zero-order valence-corrected chi connectivity index (χ0v) is 10.8. The van der Waals surface area contributed by atoms with Crippen molar-refractivity contribution in [3.63, 3.8) is 0 Å². The highest BCUT2D eigenvalue weighted by Crippen LogP contribution is 2.25. The lowest BCUT2D eigenvalue weighted by Gasteiger charge is -2.09. The van der Waals surface area contributed by atoms with Crippen LogP contribution in [0.2, 0.25) is 0 Å². The fourth-order valence-corrected chi connectivity index (χ4v) is 2.26. The Balaban J connectivity index is 2.27. The molecule has 0 saturated carbocycles. The molecule has 4 heteroatoms. The topological polar surface area (TPSA) is 51.5 Å². The second-order valence-electron chi connectivity index (χ2n) is 4.35. The molecule has 0 unspecified atom stereocenters. The van der Waals surface area contributed by atoms with Crippen LogP contribution in [0.5, 0.6) is 5.75 Å². The molecule has 0 aliphatic carbocycles. The third kappa shape index (κ3) is 1.91. The van der Waals surface area contributed by atoms with Gasteiger partial charge >= 0.3 is 5.97 Å². The summed E-state index contributed by atoms with van der Waals surface area (Å²) in [6, 6.07) is 17.3. The molecule has 99 valence electrons. The molecule has 0 atom stereocenters. The van der Waals surface area contributed by atoms with Gasteiger partial charge < -0.3 is 14.4 Å². The molecule has 1 radical (unpaired) electrons. The molecule has 4 nitrogen and oxygen atoms in total. The minimum Gasteiger partial charge on any atom is -0.497 e. The largest absolute Gasteiger partial charge is 0.497 e. The lowest BCUT2D eigenvalue weighted by atomic mass is 10.2. The Morgan fingerprint density at radius 2 is 2.00 bits per heavy atom. The first-order valence-corrected chi connectivity index (χ1v) is 6.10. The third-order valence-electron chi connectivity index (χ3n) is 3.20. The van der Waals surface area contributed by atoms with Crippen molar-refractivity contribution in [1.29, 1.82) is 0 Å². The summed E-state index contributed by atoms with van der Waals surface area (Å²) in [6.07, 6.45) is 0. The van der Waals surface area contributed by atoms with Crippen LogP contribution in [0.15, 0.2) is 48.5 Å². The Labute approximate surface area is 115 Å². The van der Waals surface area contributed by atoms with Gasteiger partial charge in [0.15, 0.2) is 0 Å². The maximum absolute atomic E-state index is 11.4. The number of rotatable bonds is 3. The number of methoxy groups -OCH3 is 1. The van der Waals surface area contributed by atoms with Crippen LogP contribution in [0.3, 0.4) is 0 Å². The number of carboxylic acid groups (broad SMARTS) is 1. The Morgan fingerprint density at radius 1 is 1.25 bits per heavy atom. The SMILES string of the molecule is COc1ccc(-n2c(C(=O)O)cc3cc[c]cc32)cc1. The second kappa shape index (κ2) is 4.74. The van der Waals surface area contributed by atoms with Crippen molar-refractivity contribution >= 4 is 16.9 Å². The molecule has 0 saturated heterocycles. The molecule has 0 aliphatic heterocycles. The lowest BCUT2D eigenvalue weighted by Crippen LogP contribution is -2.06. The minimum atomic E-state index is -0.961. The number of aromatic nitrogens is 1. The van der Waals surface area contributed by atoms with Crippen LogP contribution in [-0.2, 0) is 0 Å². The fraction of sp³-hybridized carbons (Fsp3) is 0.0625. The van der Waals surface area contributed by atoms with Gasteiger partial charge in [-0.2, -0.15) is 0 Å². The molecule has 20 heavy (non-hydrogen) atoms. The molecule has 0 amide bonds. The molecule has 1 aromatic heterocycles. The second-order valence-corrected chi connectivity index (χ2v) is 4.35. The van der Waals surface area contributed by atoms with Crippen molar-refractivity contribution in [3.8, 4) is 11.4 Å². The van der Waals surface area contributed by atoms with E-state index >= 15 is 0 Å². The van der Waals surface area contributed by atoms with Crippen molar-refractivity contribution < 1.29 is 14.6 Å². The van der Waals surface area contributed by atoms with Crippen molar-refractivity contribution in [2.75, 3.05) is 7.11 Å². The Kier molecular flexibility index (Phi) is 2.91. The number of nitrogens with zero attached hydrogens (tertiary/aromatic N) is 1. The number of carboxylic acids is 1. The van der Waals surface area contributed by atoms with Gasteiger partial charge in [0.1, 0.15) is 11.4 Å². The standard InChI is InChI=1S/C16H12NO3/c1-20-13-8-6-12(7-9-13)17-14-5-3-2-4-11(14)10-15(17)16(18)19/h2,4-10H,1H3,(H,18,19). The van der Waals surface area contributed by atoms with E-state index in [1.54, 1.807) is 42.0 Å². The summed E-state index contributed by atoms with van der Waals surface area (Å²) >= 11 is 0. The van der Waals surface area contributed by atoms with E-state index in [4.69, 9.17) is 4.74 Å². The van der Waals surface area contributed by atoms with Gasteiger partial charge in [-0.05, 0) is 42.5 Å². The van der Waals surface area contributed by atoms with Gasteiger partial charge in [0.05, 0.1) is 12.6 Å². The number of benzene rings is 2. The first-order chi connectivity index (χ1) is 9.70. The van der Waals surface area contributed by atoms with Gasteiger partial charge in [-0.25, -0.2) is 4.79 Å². The fourth-order valence-electron chi connectivity index (χ4n) is 2.26. The molecule has 1 heterocycles. The van der Waals surface area contributed by atoms with E-state index < -0.39 is 5.97 Å². The highest BCUT2D eigenvalue weighted by Gasteiger charge is 2.15. The summed E-state index contributed by atoms with van der Waals surface area (Å²) in [5.74, 6) is -0.231. The third-order valence-corrected chi connectivity index (χ3v) is 3.20. The van der Waals surface area contributed by atoms with Crippen LogP contribution in [0.4, 0.5) is 0 Å². The van der Waals surface area contributed by atoms with Crippen LogP contribution in [0.25, 0.3) is 16.6 Å². The van der Waals surface area contributed by atoms with Crippen LogP contribution >= 0.6 is 0 Å². The smallest absolute Gasteiger partial charge is 0.352 e. The van der Waals surface area contributed by atoms with E-state index in [1.807, 2.05) is 18.2 Å². The average molecular weight is 266 g/mol. The van der Waals surface area contributed by atoms with Crippen molar-refractivity contribution in [1.82, 2.24) is 4.57 Å². The summed E-state index contributed by atoms with van der Waals surface area (Å²) in [6.45, 7) is 0. The number of hydrogen-bond acceptors (Lipinski definition) is 2. The van der Waals surface area contributed by atoms with Crippen LogP contribution < -0.4 is 4.74 Å². The zero-order chi connectivity index (χ0) is 14.1. The first kappa shape index (κ1) is 12.3. The number of fused-ring (bicyclic) bond motifs is 1. The minimum absolute atomic E-state index is 0.227. The monoisotopic (exact) mass is 266 g/mol. The van der Waals surface area contributed by atoms with Crippen molar-refractivity contribution in [2.24, 2.45) is 0 Å². The van der Waals surface area contributed by atoms with Gasteiger partial charge in [-0.1, -0.05) is 12.1 Å². The molecule has 0 aliphatic rings. The van der Waals surface area contributed by atoms with E-state index in [-0.39, 0.29) is 5.69 Å². The highest BCUT2D eigenvalue weighted by atomic mass is 16.5. The summed E-state index contributed by atoms with van der Waals surface area (Å²) in [7, 11) is 1.59. The molecular weight excluding hydrogens is 254 g/mol.